The average molecular weight is 435 g/mol. The third-order valence-corrected chi connectivity index (χ3v) is 2.26. The van der Waals surface area contributed by atoms with Gasteiger partial charge in [-0.05, 0) is 48.5 Å². The molecule has 0 saturated carbocycles. The summed E-state index contributed by atoms with van der Waals surface area (Å²) in [5.74, 6) is 4.91. The predicted octanol–water partition coefficient (Wildman–Crippen LogP) is 0.0372. The Balaban J connectivity index is -0.000000170. The molecule has 164 valence electrons. The quantitative estimate of drug-likeness (QED) is 0.225. The van der Waals surface area contributed by atoms with E-state index in [4.69, 9.17) is 15.1 Å². The van der Waals surface area contributed by atoms with E-state index in [1.807, 2.05) is 0 Å². The number of nitrogens with one attached hydrogen (secondary N) is 3. The van der Waals surface area contributed by atoms with Gasteiger partial charge < -0.3 is 4.74 Å². The molecule has 6 N–H and O–H groups in total. The molecule has 0 aliphatic rings. The molecule has 0 aromatic carbocycles. The second-order valence-electron chi connectivity index (χ2n) is 6.34. The first-order valence-electron chi connectivity index (χ1n) is 7.54. The molecule has 0 aromatic rings. The number of rotatable bonds is 5. The summed E-state index contributed by atoms with van der Waals surface area (Å²) < 4.78 is 30.8. The van der Waals surface area contributed by atoms with Crippen LogP contribution in [0.4, 0.5) is 4.79 Å². The van der Waals surface area contributed by atoms with Crippen LogP contribution in [0.2, 0.25) is 0 Å². The van der Waals surface area contributed by atoms with Crippen LogP contribution in [-0.4, -0.2) is 54.6 Å². The molecule has 0 rings (SSSR count). The zero-order valence-electron chi connectivity index (χ0n) is 17.0. The second kappa shape index (κ2) is 15.8. The molecular weight excluding hydrogens is 400 g/mol. The van der Waals surface area contributed by atoms with Crippen LogP contribution in [0.3, 0.4) is 0 Å². The number of hydrogen-bond donors (Lipinski definition) is 5. The van der Waals surface area contributed by atoms with Crippen LogP contribution < -0.4 is 22.1 Å². The van der Waals surface area contributed by atoms with Gasteiger partial charge >= 0.3 is 6.09 Å². The van der Waals surface area contributed by atoms with E-state index in [0.29, 0.717) is 6.26 Å². The highest BCUT2D eigenvalue weighted by molar-refractivity contribution is 7.85. The van der Waals surface area contributed by atoms with E-state index in [2.05, 4.69) is 16.3 Å². The summed E-state index contributed by atoms with van der Waals surface area (Å²) in [6.45, 7) is 11.6. The normalized spacial score (nSPS) is 12.5. The number of ether oxygens (including phenoxy) is 1. The first-order chi connectivity index (χ1) is 11.4. The zero-order chi connectivity index (χ0) is 21.7. The van der Waals surface area contributed by atoms with E-state index in [0.717, 1.165) is 0 Å². The van der Waals surface area contributed by atoms with E-state index in [1.165, 1.54) is 13.8 Å². The van der Waals surface area contributed by atoms with Gasteiger partial charge in [0.15, 0.2) is 0 Å². The number of Topliss-reactive ketones (excluding diaryl/α,β-unsaturated/α-hetero) is 2. The molecule has 0 bridgehead atoms. The molecule has 2 atom stereocenters. The van der Waals surface area contributed by atoms with Gasteiger partial charge in [-0.2, -0.15) is 21.9 Å². The van der Waals surface area contributed by atoms with Crippen molar-refractivity contribution in [2.75, 3.05) is 6.26 Å². The lowest BCUT2D eigenvalue weighted by Gasteiger charge is -2.20. The van der Waals surface area contributed by atoms with Gasteiger partial charge in [-0.15, -0.1) is 0 Å². The zero-order valence-corrected chi connectivity index (χ0v) is 18.9. The Bertz CT molecular complexity index is 540. The highest BCUT2D eigenvalue weighted by Gasteiger charge is 2.16. The molecule has 0 aliphatic heterocycles. The maximum atomic E-state index is 11.1. The van der Waals surface area contributed by atoms with Crippen molar-refractivity contribution in [3.8, 4) is 0 Å². The molecule has 0 aliphatic carbocycles. The van der Waals surface area contributed by atoms with E-state index >= 15 is 0 Å². The number of hydrazine groups is 2. The number of nitrogens with two attached hydrogens (primary N) is 1. The minimum Gasteiger partial charge on any atom is -0.443 e. The lowest BCUT2D eigenvalue weighted by Crippen LogP contribution is -2.47. The summed E-state index contributed by atoms with van der Waals surface area (Å²) in [7, 11) is -3.67. The lowest BCUT2D eigenvalue weighted by molar-refractivity contribution is -0.119. The fraction of sp³-hybridized carbons (Fsp3) is 0.786. The van der Waals surface area contributed by atoms with Crippen LogP contribution in [0.1, 0.15) is 48.5 Å². The molecule has 0 radical (unpaired) electrons. The standard InChI is InChI=1S/C9H18N2O3.C4H10N2O.CH4O3S.H2S/c1-6(7(2)12)10-11-8(13)14-9(3,4)5;1-3(6-5)4(2)7;1-5(2,3)4;/h6,10H,1-5H3,(H,11,13);3,6H,5H2,1-2H3;1H3,(H,2,3,4);1H2/t6-;3-;;/m00../s1. The average Bonchev–Trinajstić information content (AvgIpc) is 2.40. The largest absolute Gasteiger partial charge is 0.443 e. The van der Waals surface area contributed by atoms with E-state index < -0.39 is 27.9 Å². The topological polar surface area (TPSA) is 177 Å². The Morgan fingerprint density at radius 3 is 1.56 bits per heavy atom. The molecule has 0 spiro atoms. The lowest BCUT2D eigenvalue weighted by atomic mass is 10.2. The fourth-order valence-corrected chi connectivity index (χ4v) is 0.690. The molecule has 0 fully saturated rings. The third-order valence-electron chi connectivity index (χ3n) is 2.26. The van der Waals surface area contributed by atoms with Crippen LogP contribution in [0.5, 0.6) is 0 Å². The Morgan fingerprint density at radius 1 is 1.04 bits per heavy atom. The maximum Gasteiger partial charge on any atom is 0.422 e. The minimum absolute atomic E-state index is 0. The molecular formula is C14H34N4O7S2. The molecule has 13 heteroatoms. The Kier molecular flexibility index (Phi) is 19.5. The van der Waals surface area contributed by atoms with Crippen molar-refractivity contribution in [3.05, 3.63) is 0 Å². The van der Waals surface area contributed by atoms with Gasteiger partial charge in [0.2, 0.25) is 0 Å². The van der Waals surface area contributed by atoms with Gasteiger partial charge in [-0.25, -0.2) is 10.2 Å². The molecule has 0 unspecified atom stereocenters. The fourth-order valence-electron chi connectivity index (χ4n) is 0.690. The summed E-state index contributed by atoms with van der Waals surface area (Å²) in [6.07, 6.45) is 0.123. The summed E-state index contributed by atoms with van der Waals surface area (Å²) in [5, 5.41) is 0. The van der Waals surface area contributed by atoms with Crippen LogP contribution in [0.15, 0.2) is 0 Å². The summed E-state index contributed by atoms with van der Waals surface area (Å²) in [5.41, 5.74) is 6.60. The Labute approximate surface area is 168 Å². The molecule has 1 amide bonds. The van der Waals surface area contributed by atoms with Crippen LogP contribution in [0, 0.1) is 0 Å². The van der Waals surface area contributed by atoms with Gasteiger partial charge in [-0.3, -0.25) is 30.8 Å². The third kappa shape index (κ3) is 36.4. The van der Waals surface area contributed by atoms with Crippen LogP contribution in [-0.2, 0) is 24.4 Å². The van der Waals surface area contributed by atoms with Crippen molar-refractivity contribution < 1.29 is 32.1 Å². The van der Waals surface area contributed by atoms with E-state index in [1.54, 1.807) is 34.6 Å². The van der Waals surface area contributed by atoms with Crippen molar-refractivity contribution in [2.24, 2.45) is 5.84 Å². The first kappa shape index (κ1) is 33.3. The Hall–Kier alpha value is -1.25. The maximum absolute atomic E-state index is 11.1. The number of ketones is 2. The molecule has 0 aromatic heterocycles. The molecule has 0 heterocycles. The summed E-state index contributed by atoms with van der Waals surface area (Å²) in [6, 6.07) is -0.623. The second-order valence-corrected chi connectivity index (χ2v) is 7.80. The van der Waals surface area contributed by atoms with Crippen molar-refractivity contribution in [2.45, 2.75) is 66.2 Å². The van der Waals surface area contributed by atoms with Crippen molar-refractivity contribution in [3.63, 3.8) is 0 Å². The van der Waals surface area contributed by atoms with Crippen molar-refractivity contribution in [1.82, 2.24) is 16.3 Å². The van der Waals surface area contributed by atoms with Crippen molar-refractivity contribution >= 4 is 41.3 Å². The summed E-state index contributed by atoms with van der Waals surface area (Å²) >= 11 is 0. The Morgan fingerprint density at radius 2 is 1.37 bits per heavy atom. The molecule has 27 heavy (non-hydrogen) atoms. The minimum atomic E-state index is -3.67. The highest BCUT2D eigenvalue weighted by Crippen LogP contribution is 2.05. The van der Waals surface area contributed by atoms with Crippen LogP contribution >= 0.6 is 13.5 Å². The van der Waals surface area contributed by atoms with Crippen LogP contribution in [0.25, 0.3) is 0 Å². The smallest absolute Gasteiger partial charge is 0.422 e. The van der Waals surface area contributed by atoms with Crippen molar-refractivity contribution in [1.29, 1.82) is 0 Å². The number of carbonyl (C=O) groups excluding carboxylic acids is 3. The molecule has 0 saturated heterocycles. The number of amides is 1. The van der Waals surface area contributed by atoms with Gasteiger partial charge in [0.05, 0.1) is 18.3 Å². The SMILES string of the molecule is CC(=O)[C@H](C)NN.CC(=O)[C@H](C)NNC(=O)OC(C)(C)C.CS(=O)(=O)O.S. The van der Waals surface area contributed by atoms with E-state index in [9.17, 15) is 22.8 Å². The summed E-state index contributed by atoms with van der Waals surface area (Å²) in [4.78, 5) is 32.1. The predicted molar refractivity (Wildman–Crippen MR) is 108 cm³/mol. The monoisotopic (exact) mass is 434 g/mol. The molecule has 11 nitrogen and oxygen atoms in total. The number of carbonyl (C=O) groups is 3. The highest BCUT2D eigenvalue weighted by atomic mass is 32.2. The van der Waals surface area contributed by atoms with Gasteiger partial charge in [-0.1, -0.05) is 0 Å². The first-order valence-corrected chi connectivity index (χ1v) is 9.39. The van der Waals surface area contributed by atoms with Gasteiger partial charge in [0, 0.05) is 0 Å². The number of hydrogen-bond acceptors (Lipinski definition) is 9. The van der Waals surface area contributed by atoms with E-state index in [-0.39, 0.29) is 31.1 Å². The van der Waals surface area contributed by atoms with Gasteiger partial charge in [0.25, 0.3) is 10.1 Å². The van der Waals surface area contributed by atoms with Gasteiger partial charge in [0.1, 0.15) is 17.2 Å².